The van der Waals surface area contributed by atoms with Crippen molar-refractivity contribution >= 4 is 11.8 Å². The number of ether oxygens (including phenoxy) is 1. The van der Waals surface area contributed by atoms with Crippen molar-refractivity contribution in [3.63, 3.8) is 0 Å². The molecule has 6 heteroatoms. The maximum atomic E-state index is 12.6. The van der Waals surface area contributed by atoms with E-state index >= 15 is 0 Å². The van der Waals surface area contributed by atoms with Crippen LogP contribution in [0.1, 0.15) is 31.7 Å². The van der Waals surface area contributed by atoms with Gasteiger partial charge in [-0.05, 0) is 18.4 Å². The first-order valence-corrected chi connectivity index (χ1v) is 10.0. The third-order valence-electron chi connectivity index (χ3n) is 5.46. The van der Waals surface area contributed by atoms with E-state index < -0.39 is 0 Å². The lowest BCUT2D eigenvalue weighted by atomic mass is 10.2. The molecule has 0 saturated carbocycles. The fraction of sp³-hybridized carbons (Fsp3) is 0.619. The Hall–Kier alpha value is -1.92. The van der Waals surface area contributed by atoms with Gasteiger partial charge in [-0.25, -0.2) is 0 Å². The van der Waals surface area contributed by atoms with Crippen LogP contribution in [0.25, 0.3) is 0 Å². The summed E-state index contributed by atoms with van der Waals surface area (Å²) in [6, 6.07) is 10.4. The highest BCUT2D eigenvalue weighted by molar-refractivity contribution is 5.78. The number of nitrogens with zero attached hydrogens (tertiary/aromatic N) is 3. The van der Waals surface area contributed by atoms with Gasteiger partial charge in [0.05, 0.1) is 6.10 Å². The lowest BCUT2D eigenvalue weighted by Crippen LogP contribution is -2.49. The molecule has 0 bridgehead atoms. The molecule has 1 aromatic rings. The van der Waals surface area contributed by atoms with Gasteiger partial charge in [-0.2, -0.15) is 0 Å². The Bertz CT molecular complexity index is 608. The molecule has 0 spiro atoms. The average molecular weight is 373 g/mol. The standard InChI is InChI=1S/C21H31N3O3/c1-18(25)24(17-20-8-5-15-27-20)10-9-21(26)23-13-11-22(12-14-23)16-19-6-3-2-4-7-19/h2-4,6-7,20H,5,8-17H2,1H3. The highest BCUT2D eigenvalue weighted by atomic mass is 16.5. The monoisotopic (exact) mass is 373 g/mol. The molecule has 2 aliphatic heterocycles. The summed E-state index contributed by atoms with van der Waals surface area (Å²) in [4.78, 5) is 30.5. The van der Waals surface area contributed by atoms with Crippen LogP contribution in [-0.4, -0.2) is 78.5 Å². The number of carbonyl (C=O) groups excluding carboxylic acids is 2. The highest BCUT2D eigenvalue weighted by Gasteiger charge is 2.24. The minimum absolute atomic E-state index is 0.0194. The van der Waals surface area contributed by atoms with Gasteiger partial charge in [0.2, 0.25) is 11.8 Å². The first-order chi connectivity index (χ1) is 13.1. The van der Waals surface area contributed by atoms with Gasteiger partial charge in [-0.3, -0.25) is 14.5 Å². The molecule has 0 aliphatic carbocycles. The van der Waals surface area contributed by atoms with Gasteiger partial charge in [0, 0.05) is 65.8 Å². The number of hydrogen-bond acceptors (Lipinski definition) is 4. The Kier molecular flexibility index (Phi) is 7.24. The largest absolute Gasteiger partial charge is 0.376 e. The number of carbonyl (C=O) groups is 2. The van der Waals surface area contributed by atoms with Crippen molar-refractivity contribution in [2.45, 2.75) is 38.8 Å². The molecule has 2 amide bonds. The van der Waals surface area contributed by atoms with Crippen molar-refractivity contribution in [3.05, 3.63) is 35.9 Å². The molecule has 0 aromatic heterocycles. The van der Waals surface area contributed by atoms with Crippen LogP contribution in [0.5, 0.6) is 0 Å². The normalized spacial score (nSPS) is 20.6. The lowest BCUT2D eigenvalue weighted by Gasteiger charge is -2.35. The molecule has 6 nitrogen and oxygen atoms in total. The molecule has 1 atom stereocenters. The van der Waals surface area contributed by atoms with Crippen LogP contribution in [0.15, 0.2) is 30.3 Å². The maximum absolute atomic E-state index is 12.6. The van der Waals surface area contributed by atoms with E-state index in [4.69, 9.17) is 4.74 Å². The molecule has 2 heterocycles. The van der Waals surface area contributed by atoms with Crippen LogP contribution >= 0.6 is 0 Å². The molecule has 2 fully saturated rings. The third kappa shape index (κ3) is 6.04. The van der Waals surface area contributed by atoms with Crippen LogP contribution in [-0.2, 0) is 20.9 Å². The van der Waals surface area contributed by atoms with E-state index in [1.807, 2.05) is 11.0 Å². The van der Waals surface area contributed by atoms with Crippen molar-refractivity contribution in [3.8, 4) is 0 Å². The first-order valence-electron chi connectivity index (χ1n) is 10.0. The zero-order chi connectivity index (χ0) is 19.1. The summed E-state index contributed by atoms with van der Waals surface area (Å²) in [6.45, 7) is 7.69. The molecule has 2 saturated heterocycles. The van der Waals surface area contributed by atoms with Gasteiger partial charge in [-0.1, -0.05) is 30.3 Å². The summed E-state index contributed by atoms with van der Waals surface area (Å²) in [6.07, 6.45) is 2.58. The molecule has 1 aromatic carbocycles. The van der Waals surface area contributed by atoms with E-state index in [1.54, 1.807) is 11.8 Å². The van der Waals surface area contributed by atoms with Gasteiger partial charge in [0.1, 0.15) is 0 Å². The summed E-state index contributed by atoms with van der Waals surface area (Å²) >= 11 is 0. The highest BCUT2D eigenvalue weighted by Crippen LogP contribution is 2.14. The zero-order valence-corrected chi connectivity index (χ0v) is 16.3. The van der Waals surface area contributed by atoms with Crippen molar-refractivity contribution < 1.29 is 14.3 Å². The Labute approximate surface area is 162 Å². The summed E-state index contributed by atoms with van der Waals surface area (Å²) in [7, 11) is 0. The molecule has 1 unspecified atom stereocenters. The molecule has 2 aliphatic rings. The summed E-state index contributed by atoms with van der Waals surface area (Å²) in [5, 5.41) is 0. The number of piperazine rings is 1. The topological polar surface area (TPSA) is 53.1 Å². The smallest absolute Gasteiger partial charge is 0.224 e. The minimum Gasteiger partial charge on any atom is -0.376 e. The van der Waals surface area contributed by atoms with Crippen LogP contribution in [0.3, 0.4) is 0 Å². The second kappa shape index (κ2) is 9.85. The summed E-state index contributed by atoms with van der Waals surface area (Å²) in [5.74, 6) is 0.166. The van der Waals surface area contributed by atoms with Crippen molar-refractivity contribution in [1.29, 1.82) is 0 Å². The molecule has 148 valence electrons. The number of hydrogen-bond donors (Lipinski definition) is 0. The van der Waals surface area contributed by atoms with Crippen LogP contribution in [0.4, 0.5) is 0 Å². The fourth-order valence-electron chi connectivity index (χ4n) is 3.80. The van der Waals surface area contributed by atoms with Crippen LogP contribution < -0.4 is 0 Å². The molecular weight excluding hydrogens is 342 g/mol. The number of rotatable bonds is 7. The number of benzene rings is 1. The third-order valence-corrected chi connectivity index (χ3v) is 5.46. The molecule has 0 radical (unpaired) electrons. The van der Waals surface area contributed by atoms with Gasteiger partial charge in [0.15, 0.2) is 0 Å². The predicted octanol–water partition coefficient (Wildman–Crippen LogP) is 1.75. The Morgan fingerprint density at radius 3 is 2.52 bits per heavy atom. The molecule has 27 heavy (non-hydrogen) atoms. The van der Waals surface area contributed by atoms with Gasteiger partial charge in [-0.15, -0.1) is 0 Å². The minimum atomic E-state index is 0.0194. The zero-order valence-electron chi connectivity index (χ0n) is 16.3. The second-order valence-electron chi connectivity index (χ2n) is 7.49. The van der Waals surface area contributed by atoms with Gasteiger partial charge in [0.25, 0.3) is 0 Å². The first kappa shape index (κ1) is 19.8. The summed E-state index contributed by atoms with van der Waals surface area (Å²) < 4.78 is 5.62. The lowest BCUT2D eigenvalue weighted by molar-refractivity contribution is -0.135. The van der Waals surface area contributed by atoms with E-state index in [-0.39, 0.29) is 17.9 Å². The molecule has 0 N–H and O–H groups in total. The van der Waals surface area contributed by atoms with E-state index in [9.17, 15) is 9.59 Å². The van der Waals surface area contributed by atoms with Crippen molar-refractivity contribution in [2.24, 2.45) is 0 Å². The predicted molar refractivity (Wildman–Crippen MR) is 104 cm³/mol. The van der Waals surface area contributed by atoms with Crippen LogP contribution in [0.2, 0.25) is 0 Å². The molecular formula is C21H31N3O3. The Morgan fingerprint density at radius 1 is 1.15 bits per heavy atom. The maximum Gasteiger partial charge on any atom is 0.224 e. The molecule has 3 rings (SSSR count). The Morgan fingerprint density at radius 2 is 1.89 bits per heavy atom. The Balaban J connectivity index is 1.40. The van der Waals surface area contributed by atoms with E-state index in [0.717, 1.165) is 52.2 Å². The second-order valence-corrected chi connectivity index (χ2v) is 7.49. The average Bonchev–Trinajstić information content (AvgIpc) is 3.19. The van der Waals surface area contributed by atoms with E-state index in [1.165, 1.54) is 5.56 Å². The fourth-order valence-corrected chi connectivity index (χ4v) is 3.80. The summed E-state index contributed by atoms with van der Waals surface area (Å²) in [5.41, 5.74) is 1.31. The quantitative estimate of drug-likeness (QED) is 0.731. The van der Waals surface area contributed by atoms with E-state index in [2.05, 4.69) is 29.2 Å². The van der Waals surface area contributed by atoms with Gasteiger partial charge >= 0.3 is 0 Å². The van der Waals surface area contributed by atoms with Crippen LogP contribution in [0, 0.1) is 0 Å². The van der Waals surface area contributed by atoms with Gasteiger partial charge < -0.3 is 14.5 Å². The van der Waals surface area contributed by atoms with Crippen molar-refractivity contribution in [2.75, 3.05) is 45.9 Å². The van der Waals surface area contributed by atoms with Crippen molar-refractivity contribution in [1.82, 2.24) is 14.7 Å². The van der Waals surface area contributed by atoms with E-state index in [0.29, 0.717) is 19.5 Å². The number of amides is 2. The SMILES string of the molecule is CC(=O)N(CCC(=O)N1CCN(Cc2ccccc2)CC1)CC1CCCO1.